The van der Waals surface area contributed by atoms with Gasteiger partial charge in [-0.15, -0.1) is 5.10 Å². The van der Waals surface area contributed by atoms with Crippen LogP contribution in [0, 0.1) is 0 Å². The van der Waals surface area contributed by atoms with E-state index in [4.69, 9.17) is 4.74 Å². The molecule has 0 spiro atoms. The number of amides is 1. The molecule has 3 aromatic rings. The predicted octanol–water partition coefficient (Wildman–Crippen LogP) is 2.94. The molecule has 0 radical (unpaired) electrons. The summed E-state index contributed by atoms with van der Waals surface area (Å²) in [5, 5.41) is 11.1. The molecule has 0 aliphatic rings. The van der Waals surface area contributed by atoms with Gasteiger partial charge in [0.05, 0.1) is 17.6 Å². The first kappa shape index (κ1) is 19.5. The Morgan fingerprint density at radius 3 is 2.64 bits per heavy atom. The molecular formula is C21H24N4O3. The molecule has 0 aliphatic heterocycles. The second kappa shape index (κ2) is 9.12. The largest absolute Gasteiger partial charge is 0.452 e. The second-order valence-electron chi connectivity index (χ2n) is 6.77. The highest BCUT2D eigenvalue weighted by atomic mass is 16.5. The van der Waals surface area contributed by atoms with Gasteiger partial charge in [-0.2, -0.15) is 0 Å². The number of hydrogen-bond acceptors (Lipinski definition) is 5. The zero-order valence-corrected chi connectivity index (χ0v) is 16.1. The lowest BCUT2D eigenvalue weighted by molar-refractivity contribution is -0.124. The fourth-order valence-electron chi connectivity index (χ4n) is 2.99. The number of nitrogens with zero attached hydrogens (tertiary/aromatic N) is 3. The van der Waals surface area contributed by atoms with Gasteiger partial charge in [-0.3, -0.25) is 4.79 Å². The van der Waals surface area contributed by atoms with E-state index in [9.17, 15) is 9.59 Å². The van der Waals surface area contributed by atoms with E-state index >= 15 is 0 Å². The third-order valence-corrected chi connectivity index (χ3v) is 4.41. The number of nitrogens with one attached hydrogen (secondary N) is 1. The van der Waals surface area contributed by atoms with Crippen LogP contribution < -0.4 is 5.32 Å². The van der Waals surface area contributed by atoms with Gasteiger partial charge in [0.25, 0.3) is 5.91 Å². The molecule has 0 unspecified atom stereocenters. The molecule has 1 heterocycles. The standard InChI is InChI=1S/C21H24N4O3/c1-3-6-15(2)22-20(26)14-28-21(27)17-11-9-16(10-12-17)13-25-19-8-5-4-7-18(19)23-24-25/h4-5,7-12,15H,3,6,13-14H2,1-2H3,(H,22,26)/t15-/m1/s1. The zero-order chi connectivity index (χ0) is 19.9. The molecule has 1 amide bonds. The van der Waals surface area contributed by atoms with Crippen molar-refractivity contribution in [3.05, 3.63) is 59.7 Å². The molecule has 0 fully saturated rings. The maximum absolute atomic E-state index is 12.1. The third-order valence-electron chi connectivity index (χ3n) is 4.41. The van der Waals surface area contributed by atoms with Crippen LogP contribution in [-0.2, 0) is 16.1 Å². The number of rotatable bonds is 8. The van der Waals surface area contributed by atoms with Gasteiger partial charge in [-0.25, -0.2) is 9.48 Å². The molecule has 0 aliphatic carbocycles. The number of fused-ring (bicyclic) bond motifs is 1. The minimum absolute atomic E-state index is 0.0725. The highest BCUT2D eigenvalue weighted by Crippen LogP contribution is 2.13. The monoisotopic (exact) mass is 380 g/mol. The van der Waals surface area contributed by atoms with Gasteiger partial charge in [0.15, 0.2) is 6.61 Å². The van der Waals surface area contributed by atoms with Gasteiger partial charge in [0, 0.05) is 6.04 Å². The van der Waals surface area contributed by atoms with Crippen LogP contribution in [0.4, 0.5) is 0 Å². The summed E-state index contributed by atoms with van der Waals surface area (Å²) in [7, 11) is 0. The second-order valence-corrected chi connectivity index (χ2v) is 6.77. The summed E-state index contributed by atoms with van der Waals surface area (Å²) in [6.45, 7) is 4.26. The Balaban J connectivity index is 1.55. The first-order valence-corrected chi connectivity index (χ1v) is 9.40. The number of aromatic nitrogens is 3. The molecular weight excluding hydrogens is 356 g/mol. The fraction of sp³-hybridized carbons (Fsp3) is 0.333. The highest BCUT2D eigenvalue weighted by molar-refractivity contribution is 5.91. The van der Waals surface area contributed by atoms with Crippen molar-refractivity contribution in [3.8, 4) is 0 Å². The molecule has 28 heavy (non-hydrogen) atoms. The van der Waals surface area contributed by atoms with E-state index < -0.39 is 5.97 Å². The minimum Gasteiger partial charge on any atom is -0.452 e. The Bertz CT molecular complexity index is 950. The predicted molar refractivity (Wildman–Crippen MR) is 106 cm³/mol. The smallest absolute Gasteiger partial charge is 0.338 e. The topological polar surface area (TPSA) is 86.1 Å². The first-order chi connectivity index (χ1) is 13.6. The number of carbonyl (C=O) groups excluding carboxylic acids is 2. The van der Waals surface area contributed by atoms with Crippen LogP contribution >= 0.6 is 0 Å². The van der Waals surface area contributed by atoms with E-state index in [0.717, 1.165) is 29.4 Å². The molecule has 1 N–H and O–H groups in total. The highest BCUT2D eigenvalue weighted by Gasteiger charge is 2.12. The summed E-state index contributed by atoms with van der Waals surface area (Å²) in [4.78, 5) is 23.9. The lowest BCUT2D eigenvalue weighted by atomic mass is 10.1. The average molecular weight is 380 g/mol. The van der Waals surface area contributed by atoms with Crippen molar-refractivity contribution in [1.29, 1.82) is 0 Å². The third kappa shape index (κ3) is 4.94. The lowest BCUT2D eigenvalue weighted by Gasteiger charge is -2.12. The van der Waals surface area contributed by atoms with Crippen LogP contribution in [0.1, 0.15) is 42.6 Å². The molecule has 0 saturated heterocycles. The summed E-state index contributed by atoms with van der Waals surface area (Å²) < 4.78 is 6.90. The molecule has 7 nitrogen and oxygen atoms in total. The molecule has 7 heteroatoms. The first-order valence-electron chi connectivity index (χ1n) is 9.40. The van der Waals surface area contributed by atoms with Crippen molar-refractivity contribution in [2.24, 2.45) is 0 Å². The van der Waals surface area contributed by atoms with E-state index in [1.807, 2.05) is 48.0 Å². The van der Waals surface area contributed by atoms with Gasteiger partial charge in [-0.1, -0.05) is 42.8 Å². The van der Waals surface area contributed by atoms with Crippen molar-refractivity contribution < 1.29 is 14.3 Å². The van der Waals surface area contributed by atoms with Gasteiger partial charge < -0.3 is 10.1 Å². The van der Waals surface area contributed by atoms with Gasteiger partial charge in [0.1, 0.15) is 5.52 Å². The molecule has 2 aromatic carbocycles. The van der Waals surface area contributed by atoms with Gasteiger partial charge in [0.2, 0.25) is 0 Å². The van der Waals surface area contributed by atoms with E-state index in [0.29, 0.717) is 12.1 Å². The minimum atomic E-state index is -0.518. The van der Waals surface area contributed by atoms with Crippen molar-refractivity contribution in [3.63, 3.8) is 0 Å². The van der Waals surface area contributed by atoms with Crippen LogP contribution in [0.3, 0.4) is 0 Å². The molecule has 0 bridgehead atoms. The average Bonchev–Trinajstić information content (AvgIpc) is 3.10. The van der Waals surface area contributed by atoms with Gasteiger partial charge in [-0.05, 0) is 43.2 Å². The number of benzene rings is 2. The quantitative estimate of drug-likeness (QED) is 0.607. The van der Waals surface area contributed by atoms with Gasteiger partial charge >= 0.3 is 5.97 Å². The van der Waals surface area contributed by atoms with Crippen molar-refractivity contribution in [2.45, 2.75) is 39.3 Å². The Kier molecular flexibility index (Phi) is 6.37. The normalized spacial score (nSPS) is 11.9. The maximum atomic E-state index is 12.1. The van der Waals surface area contributed by atoms with Crippen LogP contribution in [0.5, 0.6) is 0 Å². The Labute approximate surface area is 163 Å². The molecule has 146 valence electrons. The summed E-state index contributed by atoms with van der Waals surface area (Å²) >= 11 is 0. The van der Waals surface area contributed by atoms with Crippen molar-refractivity contribution >= 4 is 22.9 Å². The Hall–Kier alpha value is -3.22. The number of ether oxygens (including phenoxy) is 1. The summed E-state index contributed by atoms with van der Waals surface area (Å²) in [6.07, 6.45) is 1.88. The van der Waals surface area contributed by atoms with Crippen LogP contribution in [0.2, 0.25) is 0 Å². The van der Waals surface area contributed by atoms with Crippen LogP contribution in [0.25, 0.3) is 11.0 Å². The number of esters is 1. The van der Waals surface area contributed by atoms with E-state index in [1.165, 1.54) is 0 Å². The van der Waals surface area contributed by atoms with Crippen LogP contribution in [0.15, 0.2) is 48.5 Å². The maximum Gasteiger partial charge on any atom is 0.338 e. The number of hydrogen-bond donors (Lipinski definition) is 1. The summed E-state index contributed by atoms with van der Waals surface area (Å²) in [5.41, 5.74) is 3.18. The van der Waals surface area contributed by atoms with E-state index in [-0.39, 0.29) is 18.6 Å². The lowest BCUT2D eigenvalue weighted by Crippen LogP contribution is -2.35. The summed E-state index contributed by atoms with van der Waals surface area (Å²) in [6, 6.07) is 14.9. The van der Waals surface area contributed by atoms with Crippen molar-refractivity contribution in [1.82, 2.24) is 20.3 Å². The Morgan fingerprint density at radius 1 is 1.14 bits per heavy atom. The number of carbonyl (C=O) groups is 2. The van der Waals surface area contributed by atoms with E-state index in [1.54, 1.807) is 12.1 Å². The molecule has 1 atom stereocenters. The fourth-order valence-corrected chi connectivity index (χ4v) is 2.99. The molecule has 3 rings (SSSR count). The summed E-state index contributed by atoms with van der Waals surface area (Å²) in [5.74, 6) is -0.806. The van der Waals surface area contributed by atoms with Crippen molar-refractivity contribution in [2.75, 3.05) is 6.61 Å². The Morgan fingerprint density at radius 2 is 1.89 bits per heavy atom. The van der Waals surface area contributed by atoms with E-state index in [2.05, 4.69) is 22.6 Å². The molecule has 0 saturated carbocycles. The zero-order valence-electron chi connectivity index (χ0n) is 16.1. The SMILES string of the molecule is CCC[C@@H](C)NC(=O)COC(=O)c1ccc(Cn2nnc3ccccc32)cc1. The van der Waals surface area contributed by atoms with Crippen LogP contribution in [-0.4, -0.2) is 39.5 Å². The molecule has 1 aromatic heterocycles. The number of para-hydroxylation sites is 1.